The van der Waals surface area contributed by atoms with Crippen LogP contribution in [0, 0.1) is 36.5 Å². The third-order valence-corrected chi connectivity index (χ3v) is 3.26. The van der Waals surface area contributed by atoms with Crippen LogP contribution in [-0.2, 0) is 4.79 Å². The Hall–Kier alpha value is -2.53. The van der Waals surface area contributed by atoms with E-state index in [-0.39, 0.29) is 19.0 Å². The fourth-order valence-electron chi connectivity index (χ4n) is 1.98. The lowest BCUT2D eigenvalue weighted by Gasteiger charge is -2.15. The van der Waals surface area contributed by atoms with E-state index in [0.29, 0.717) is 19.4 Å². The van der Waals surface area contributed by atoms with Gasteiger partial charge >= 0.3 is 0 Å². The molecule has 0 saturated carbocycles. The summed E-state index contributed by atoms with van der Waals surface area (Å²) in [6.07, 6.45) is 1.77. The van der Waals surface area contributed by atoms with Gasteiger partial charge in [-0.1, -0.05) is 12.1 Å². The van der Waals surface area contributed by atoms with Crippen molar-refractivity contribution in [3.05, 3.63) is 29.3 Å². The average Bonchev–Trinajstić information content (AvgIpc) is 2.50. The molecule has 0 unspecified atom stereocenters. The number of benzene rings is 1. The fraction of sp³-hybridized carbons (Fsp3) is 0.471. The molecule has 0 spiro atoms. The number of rotatable bonds is 8. The molecule has 1 aromatic carbocycles. The second kappa shape index (κ2) is 9.41. The predicted octanol–water partition coefficient (Wildman–Crippen LogP) is 2.73. The van der Waals surface area contributed by atoms with Crippen LogP contribution >= 0.6 is 0 Å². The zero-order valence-corrected chi connectivity index (χ0v) is 13.1. The minimum atomic E-state index is -0.158. The molecule has 0 fully saturated rings. The third-order valence-electron chi connectivity index (χ3n) is 3.26. The van der Waals surface area contributed by atoms with Crippen LogP contribution in [0.2, 0.25) is 0 Å². The summed E-state index contributed by atoms with van der Waals surface area (Å²) in [6.45, 7) is 4.49. The lowest BCUT2D eigenvalue weighted by molar-refractivity contribution is -0.130. The standard InChI is InChI=1S/C17H21N3O2/c1-14-6-7-15(2)16(13-14)22-12-4-3-5-17(21)20(10-8-18)11-9-19/h6-7,13H,3-5,10-12H2,1-2H3. The molecule has 1 amide bonds. The first-order chi connectivity index (χ1) is 10.6. The molecule has 116 valence electrons. The molecule has 0 saturated heterocycles. The van der Waals surface area contributed by atoms with Crippen LogP contribution in [0.3, 0.4) is 0 Å². The molecule has 0 radical (unpaired) electrons. The summed E-state index contributed by atoms with van der Waals surface area (Å²) in [6, 6.07) is 9.86. The van der Waals surface area contributed by atoms with Crippen molar-refractivity contribution in [1.29, 1.82) is 10.5 Å². The first-order valence-corrected chi connectivity index (χ1v) is 7.30. The van der Waals surface area contributed by atoms with Gasteiger partial charge in [-0.25, -0.2) is 0 Å². The molecular formula is C17H21N3O2. The van der Waals surface area contributed by atoms with Crippen LogP contribution in [0.4, 0.5) is 0 Å². The van der Waals surface area contributed by atoms with E-state index in [0.717, 1.165) is 23.3 Å². The maximum atomic E-state index is 11.8. The van der Waals surface area contributed by atoms with Crippen molar-refractivity contribution in [3.63, 3.8) is 0 Å². The van der Waals surface area contributed by atoms with Gasteiger partial charge in [-0.3, -0.25) is 4.79 Å². The minimum absolute atomic E-state index is 0.0363. The van der Waals surface area contributed by atoms with Crippen LogP contribution in [-0.4, -0.2) is 30.5 Å². The van der Waals surface area contributed by atoms with Gasteiger partial charge in [0, 0.05) is 6.42 Å². The molecule has 5 heteroatoms. The monoisotopic (exact) mass is 299 g/mol. The first-order valence-electron chi connectivity index (χ1n) is 7.30. The Morgan fingerprint density at radius 2 is 1.86 bits per heavy atom. The summed E-state index contributed by atoms with van der Waals surface area (Å²) in [4.78, 5) is 13.1. The van der Waals surface area contributed by atoms with Crippen molar-refractivity contribution in [2.24, 2.45) is 0 Å². The number of aryl methyl sites for hydroxylation is 2. The highest BCUT2D eigenvalue weighted by Crippen LogP contribution is 2.19. The maximum absolute atomic E-state index is 11.8. The van der Waals surface area contributed by atoms with Gasteiger partial charge in [0.1, 0.15) is 18.8 Å². The van der Waals surface area contributed by atoms with Crippen LogP contribution in [0.1, 0.15) is 30.4 Å². The second-order valence-corrected chi connectivity index (χ2v) is 5.14. The van der Waals surface area contributed by atoms with Gasteiger partial charge < -0.3 is 9.64 Å². The van der Waals surface area contributed by atoms with Gasteiger partial charge in [-0.05, 0) is 43.9 Å². The number of nitriles is 2. The van der Waals surface area contributed by atoms with E-state index >= 15 is 0 Å². The maximum Gasteiger partial charge on any atom is 0.224 e. The largest absolute Gasteiger partial charge is 0.493 e. The smallest absolute Gasteiger partial charge is 0.224 e. The van der Waals surface area contributed by atoms with E-state index < -0.39 is 0 Å². The SMILES string of the molecule is Cc1ccc(C)c(OCCCCC(=O)N(CC#N)CC#N)c1. The molecule has 0 aliphatic heterocycles. The number of unbranched alkanes of at least 4 members (excludes halogenated alkanes) is 1. The molecule has 1 rings (SSSR count). The van der Waals surface area contributed by atoms with Gasteiger partial charge in [0.2, 0.25) is 5.91 Å². The number of hydrogen-bond donors (Lipinski definition) is 0. The molecule has 5 nitrogen and oxygen atoms in total. The van der Waals surface area contributed by atoms with Crippen molar-refractivity contribution < 1.29 is 9.53 Å². The van der Waals surface area contributed by atoms with Gasteiger partial charge in [0.05, 0.1) is 18.7 Å². The Labute approximate surface area is 131 Å². The highest BCUT2D eigenvalue weighted by molar-refractivity contribution is 5.76. The Balaban J connectivity index is 2.30. The minimum Gasteiger partial charge on any atom is -0.493 e. The van der Waals surface area contributed by atoms with E-state index in [1.54, 1.807) is 0 Å². The number of carbonyl (C=O) groups is 1. The summed E-state index contributed by atoms with van der Waals surface area (Å²) in [5.74, 6) is 0.719. The molecule has 0 aromatic heterocycles. The molecule has 22 heavy (non-hydrogen) atoms. The first kappa shape index (κ1) is 17.5. The zero-order chi connectivity index (χ0) is 16.4. The van der Waals surface area contributed by atoms with Crippen LogP contribution < -0.4 is 4.74 Å². The van der Waals surface area contributed by atoms with Crippen LogP contribution in [0.25, 0.3) is 0 Å². The molecule has 0 bridgehead atoms. The van der Waals surface area contributed by atoms with Crippen LogP contribution in [0.5, 0.6) is 5.75 Å². The zero-order valence-electron chi connectivity index (χ0n) is 13.1. The lowest BCUT2D eigenvalue weighted by atomic mass is 10.1. The summed E-state index contributed by atoms with van der Waals surface area (Å²) < 4.78 is 5.73. The molecule has 0 aliphatic carbocycles. The Bertz CT molecular complexity index is 569. The summed E-state index contributed by atoms with van der Waals surface area (Å²) >= 11 is 0. The number of nitrogens with zero attached hydrogens (tertiary/aromatic N) is 3. The molecule has 1 aromatic rings. The average molecular weight is 299 g/mol. The number of ether oxygens (including phenoxy) is 1. The van der Waals surface area contributed by atoms with Gasteiger partial charge in [-0.15, -0.1) is 0 Å². The van der Waals surface area contributed by atoms with Gasteiger partial charge in [0.25, 0.3) is 0 Å². The van der Waals surface area contributed by atoms with Crippen molar-refractivity contribution in [1.82, 2.24) is 4.90 Å². The van der Waals surface area contributed by atoms with Crippen LogP contribution in [0.15, 0.2) is 18.2 Å². The van der Waals surface area contributed by atoms with Crippen molar-refractivity contribution in [2.75, 3.05) is 19.7 Å². The third kappa shape index (κ3) is 5.85. The highest BCUT2D eigenvalue weighted by atomic mass is 16.5. The number of hydrogen-bond acceptors (Lipinski definition) is 4. The normalized spacial score (nSPS) is 9.64. The van der Waals surface area contributed by atoms with E-state index in [4.69, 9.17) is 15.3 Å². The van der Waals surface area contributed by atoms with Crippen molar-refractivity contribution >= 4 is 5.91 Å². The Morgan fingerprint density at radius 1 is 1.18 bits per heavy atom. The highest BCUT2D eigenvalue weighted by Gasteiger charge is 2.11. The van der Waals surface area contributed by atoms with Crippen molar-refractivity contribution in [3.8, 4) is 17.9 Å². The summed E-state index contributed by atoms with van der Waals surface area (Å²) in [7, 11) is 0. The van der Waals surface area contributed by atoms with E-state index in [1.807, 2.05) is 44.2 Å². The molecule has 0 N–H and O–H groups in total. The quantitative estimate of drug-likeness (QED) is 0.546. The second-order valence-electron chi connectivity index (χ2n) is 5.14. The van der Waals surface area contributed by atoms with Gasteiger partial charge in [-0.2, -0.15) is 10.5 Å². The number of amides is 1. The van der Waals surface area contributed by atoms with E-state index in [1.165, 1.54) is 4.90 Å². The Kier molecular flexibility index (Phi) is 7.50. The number of carbonyl (C=O) groups excluding carboxylic acids is 1. The van der Waals surface area contributed by atoms with E-state index in [2.05, 4.69) is 0 Å². The van der Waals surface area contributed by atoms with Gasteiger partial charge in [0.15, 0.2) is 0 Å². The molecule has 0 heterocycles. The fourth-order valence-corrected chi connectivity index (χ4v) is 1.98. The Morgan fingerprint density at radius 3 is 2.50 bits per heavy atom. The molecule has 0 atom stereocenters. The van der Waals surface area contributed by atoms with E-state index in [9.17, 15) is 4.79 Å². The lowest BCUT2D eigenvalue weighted by Crippen LogP contribution is -2.31. The molecular weight excluding hydrogens is 278 g/mol. The summed E-state index contributed by atoms with van der Waals surface area (Å²) in [5, 5.41) is 17.2. The molecule has 0 aliphatic rings. The predicted molar refractivity (Wildman–Crippen MR) is 83.1 cm³/mol. The summed E-state index contributed by atoms with van der Waals surface area (Å²) in [5.41, 5.74) is 2.25. The van der Waals surface area contributed by atoms with Crippen molar-refractivity contribution in [2.45, 2.75) is 33.1 Å². The topological polar surface area (TPSA) is 77.1 Å².